The van der Waals surface area contributed by atoms with Gasteiger partial charge in [0.05, 0.1) is 20.1 Å². The van der Waals surface area contributed by atoms with E-state index < -0.39 is 29.1 Å². The first-order valence-corrected chi connectivity index (χ1v) is 10.3. The summed E-state index contributed by atoms with van der Waals surface area (Å²) in [6, 6.07) is 0. The molecule has 6 nitrogen and oxygen atoms in total. The predicted molar refractivity (Wildman–Crippen MR) is 103 cm³/mol. The van der Waals surface area contributed by atoms with Crippen molar-refractivity contribution < 1.29 is 28.7 Å². The third-order valence-corrected chi connectivity index (χ3v) is 6.31. The van der Waals surface area contributed by atoms with Crippen molar-refractivity contribution in [2.24, 2.45) is 23.2 Å². The quantitative estimate of drug-likeness (QED) is 0.465. The predicted octanol–water partition coefficient (Wildman–Crippen LogP) is 3.42. The van der Waals surface area contributed by atoms with E-state index in [-0.39, 0.29) is 36.0 Å². The topological polar surface area (TPSA) is 86.7 Å². The van der Waals surface area contributed by atoms with E-state index in [1.807, 2.05) is 0 Å². The highest BCUT2D eigenvalue weighted by Crippen LogP contribution is 2.49. The number of carbonyl (C=O) groups excluding carboxylic acids is 4. The van der Waals surface area contributed by atoms with Gasteiger partial charge in [0.1, 0.15) is 5.78 Å². The molecular formula is C22H32O6. The zero-order valence-electron chi connectivity index (χ0n) is 17.4. The van der Waals surface area contributed by atoms with Gasteiger partial charge in [0.15, 0.2) is 11.2 Å². The van der Waals surface area contributed by atoms with Crippen LogP contribution in [0.4, 0.5) is 0 Å². The fraction of sp³-hybridized carbons (Fsp3) is 0.727. The molecule has 0 amide bonds. The van der Waals surface area contributed by atoms with Gasteiger partial charge in [-0.1, -0.05) is 45.6 Å². The van der Waals surface area contributed by atoms with Crippen molar-refractivity contribution in [1.82, 2.24) is 0 Å². The molecule has 0 aliphatic heterocycles. The van der Waals surface area contributed by atoms with Gasteiger partial charge < -0.3 is 9.47 Å². The molecule has 0 aromatic heterocycles. The van der Waals surface area contributed by atoms with E-state index in [0.717, 1.165) is 38.5 Å². The number of methoxy groups -OCH3 is 2. The highest BCUT2D eigenvalue weighted by molar-refractivity contribution is 6.21. The van der Waals surface area contributed by atoms with Crippen LogP contribution in [0.5, 0.6) is 0 Å². The molecule has 2 rings (SSSR count). The molecule has 0 radical (unpaired) electrons. The first-order chi connectivity index (χ1) is 13.4. The molecule has 2 aliphatic carbocycles. The van der Waals surface area contributed by atoms with Crippen LogP contribution in [-0.4, -0.2) is 37.7 Å². The van der Waals surface area contributed by atoms with Crippen molar-refractivity contribution in [1.29, 1.82) is 0 Å². The summed E-state index contributed by atoms with van der Waals surface area (Å²) in [7, 11) is 2.37. The lowest BCUT2D eigenvalue weighted by Crippen LogP contribution is -2.48. The smallest absolute Gasteiger partial charge is 0.327 e. The monoisotopic (exact) mass is 392 g/mol. The van der Waals surface area contributed by atoms with Crippen LogP contribution in [0, 0.1) is 23.2 Å². The molecule has 0 saturated heterocycles. The number of allylic oxidation sites excluding steroid dienone is 1. The Morgan fingerprint density at radius 1 is 1.04 bits per heavy atom. The van der Waals surface area contributed by atoms with Crippen molar-refractivity contribution >= 4 is 23.5 Å². The number of rotatable bonds is 8. The number of hydrogen-bond acceptors (Lipinski definition) is 6. The van der Waals surface area contributed by atoms with Crippen molar-refractivity contribution in [2.45, 2.75) is 65.2 Å². The molecule has 0 aromatic rings. The molecule has 3 atom stereocenters. The first kappa shape index (κ1) is 22.3. The standard InChI is InChI=1S/C22H32O6/c1-5-7-9-14-13-16-19(24)18(15(14)10-8-6-2)17(23)11-12-22(16,20(25)27-3)21(26)28-4/h13-15,18H,5-12H2,1-4H3/t14-,15+,18+/m1/s1. The minimum Gasteiger partial charge on any atom is -0.468 e. The molecule has 2 bridgehead atoms. The molecule has 0 spiro atoms. The number of ether oxygens (including phenoxy) is 2. The number of carbonyl (C=O) groups is 4. The number of hydrogen-bond donors (Lipinski definition) is 0. The van der Waals surface area contributed by atoms with E-state index in [9.17, 15) is 19.2 Å². The summed E-state index contributed by atoms with van der Waals surface area (Å²) in [5, 5.41) is 0. The lowest BCUT2D eigenvalue weighted by atomic mass is 9.64. The Morgan fingerprint density at radius 3 is 2.14 bits per heavy atom. The van der Waals surface area contributed by atoms with E-state index in [1.54, 1.807) is 6.08 Å². The number of Topliss-reactive ketones (excluding diaryl/α,β-unsaturated/α-hetero) is 2. The Bertz CT molecular complexity index is 646. The van der Waals surface area contributed by atoms with E-state index in [0.29, 0.717) is 0 Å². The van der Waals surface area contributed by atoms with E-state index in [2.05, 4.69) is 13.8 Å². The molecule has 28 heavy (non-hydrogen) atoms. The average molecular weight is 392 g/mol. The summed E-state index contributed by atoms with van der Waals surface area (Å²) in [6.45, 7) is 4.18. The molecule has 1 fully saturated rings. The van der Waals surface area contributed by atoms with Crippen LogP contribution in [0.3, 0.4) is 0 Å². The van der Waals surface area contributed by atoms with Gasteiger partial charge in [0, 0.05) is 12.0 Å². The second-order valence-corrected chi connectivity index (χ2v) is 7.89. The van der Waals surface area contributed by atoms with Gasteiger partial charge in [0.25, 0.3) is 0 Å². The molecule has 0 N–H and O–H groups in total. The minimum atomic E-state index is -1.84. The summed E-state index contributed by atoms with van der Waals surface area (Å²) in [5.41, 5.74) is -1.73. The highest BCUT2D eigenvalue weighted by atomic mass is 16.5. The summed E-state index contributed by atoms with van der Waals surface area (Å²) in [6.07, 6.45) is 7.18. The third kappa shape index (κ3) is 3.78. The Kier molecular flexibility index (Phi) is 7.55. The van der Waals surface area contributed by atoms with Crippen molar-refractivity contribution in [3.05, 3.63) is 11.6 Å². The SMILES string of the molecule is CCCC[C@@H]1[C@H]2C(=O)CCC(C(=O)OC)(C(=O)OC)C(=C[C@H]1CCCC)C2=O. The first-order valence-electron chi connectivity index (χ1n) is 10.3. The molecular weight excluding hydrogens is 360 g/mol. The number of unbranched alkanes of at least 4 members (excludes halogenated alkanes) is 2. The zero-order chi connectivity index (χ0) is 20.9. The Morgan fingerprint density at radius 2 is 1.61 bits per heavy atom. The highest BCUT2D eigenvalue weighted by Gasteiger charge is 2.60. The summed E-state index contributed by atoms with van der Waals surface area (Å²) < 4.78 is 9.82. The van der Waals surface area contributed by atoms with Crippen molar-refractivity contribution in [3.8, 4) is 0 Å². The van der Waals surface area contributed by atoms with Gasteiger partial charge >= 0.3 is 11.9 Å². The van der Waals surface area contributed by atoms with Crippen LogP contribution in [0.15, 0.2) is 11.6 Å². The maximum Gasteiger partial charge on any atom is 0.327 e. The molecule has 0 heterocycles. The molecule has 0 aromatic carbocycles. The summed E-state index contributed by atoms with van der Waals surface area (Å²) in [5.74, 6) is -3.08. The van der Waals surface area contributed by atoms with Crippen LogP contribution in [0.2, 0.25) is 0 Å². The normalized spacial score (nSPS) is 26.3. The van der Waals surface area contributed by atoms with Crippen molar-refractivity contribution in [2.75, 3.05) is 14.2 Å². The van der Waals surface area contributed by atoms with Crippen molar-refractivity contribution in [3.63, 3.8) is 0 Å². The lowest BCUT2D eigenvalue weighted by Gasteiger charge is -2.37. The molecule has 6 heteroatoms. The van der Waals surface area contributed by atoms with E-state index >= 15 is 0 Å². The second kappa shape index (κ2) is 9.48. The van der Waals surface area contributed by atoms with Gasteiger partial charge in [-0.25, -0.2) is 0 Å². The Hall–Kier alpha value is -1.98. The van der Waals surface area contributed by atoms with Gasteiger partial charge in [-0.3, -0.25) is 19.2 Å². The second-order valence-electron chi connectivity index (χ2n) is 7.89. The number of esters is 2. The van der Waals surface area contributed by atoms with Gasteiger partial charge in [-0.15, -0.1) is 0 Å². The van der Waals surface area contributed by atoms with Crippen LogP contribution in [0.25, 0.3) is 0 Å². The van der Waals surface area contributed by atoms with Gasteiger partial charge in [0.2, 0.25) is 0 Å². The van der Waals surface area contributed by atoms with Gasteiger partial charge in [-0.2, -0.15) is 0 Å². The maximum atomic E-state index is 13.4. The van der Waals surface area contributed by atoms with E-state index in [1.165, 1.54) is 14.2 Å². The van der Waals surface area contributed by atoms with E-state index in [4.69, 9.17) is 9.47 Å². The maximum absolute atomic E-state index is 13.4. The summed E-state index contributed by atoms with van der Waals surface area (Å²) in [4.78, 5) is 51.9. The fourth-order valence-electron chi connectivity index (χ4n) is 4.78. The number of ketones is 2. The zero-order valence-corrected chi connectivity index (χ0v) is 17.4. The van der Waals surface area contributed by atoms with Crippen LogP contribution < -0.4 is 0 Å². The molecule has 156 valence electrons. The molecule has 1 saturated carbocycles. The Labute approximate surface area is 167 Å². The average Bonchev–Trinajstić information content (AvgIpc) is 2.77. The Balaban J connectivity index is 2.65. The lowest BCUT2D eigenvalue weighted by molar-refractivity contribution is -0.167. The fourth-order valence-corrected chi connectivity index (χ4v) is 4.78. The van der Waals surface area contributed by atoms with Crippen LogP contribution in [-0.2, 0) is 28.7 Å². The van der Waals surface area contributed by atoms with Gasteiger partial charge in [-0.05, 0) is 31.1 Å². The largest absolute Gasteiger partial charge is 0.468 e. The number of fused-ring (bicyclic) bond motifs is 2. The van der Waals surface area contributed by atoms with Crippen LogP contribution >= 0.6 is 0 Å². The molecule has 0 unspecified atom stereocenters. The summed E-state index contributed by atoms with van der Waals surface area (Å²) >= 11 is 0. The minimum absolute atomic E-state index is 0.0128. The molecule has 2 aliphatic rings. The van der Waals surface area contributed by atoms with Crippen LogP contribution in [0.1, 0.15) is 65.2 Å². The third-order valence-electron chi connectivity index (χ3n) is 6.31.